The standard InChI is InChI=1S/C17H11N5S/c1-11-7-13(4-5-14(11)21-10-12(8-18)9-19)16-22-15-3-2-6-20-17(15)23-16/h2-7,10,21H,1H3. The number of hydrogen-bond acceptors (Lipinski definition) is 6. The molecule has 110 valence electrons. The van der Waals surface area contributed by atoms with Gasteiger partial charge in [0.25, 0.3) is 0 Å². The Kier molecular flexibility index (Phi) is 4.01. The molecule has 0 radical (unpaired) electrons. The summed E-state index contributed by atoms with van der Waals surface area (Å²) >= 11 is 1.55. The number of benzene rings is 1. The van der Waals surface area contributed by atoms with Crippen molar-refractivity contribution in [1.29, 1.82) is 10.5 Å². The molecule has 0 aliphatic carbocycles. The Morgan fingerprint density at radius 1 is 1.26 bits per heavy atom. The Hall–Kier alpha value is -3.22. The molecule has 0 saturated heterocycles. The maximum absolute atomic E-state index is 8.74. The number of aryl methyl sites for hydroxylation is 1. The van der Waals surface area contributed by atoms with Crippen LogP contribution in [-0.4, -0.2) is 9.97 Å². The largest absolute Gasteiger partial charge is 0.360 e. The lowest BCUT2D eigenvalue weighted by Crippen LogP contribution is -1.93. The summed E-state index contributed by atoms with van der Waals surface area (Å²) in [5.41, 5.74) is 3.78. The third-order valence-electron chi connectivity index (χ3n) is 3.25. The Labute approximate surface area is 137 Å². The number of anilines is 1. The van der Waals surface area contributed by atoms with Crippen LogP contribution in [-0.2, 0) is 0 Å². The molecule has 0 aliphatic heterocycles. The van der Waals surface area contributed by atoms with E-state index in [4.69, 9.17) is 10.5 Å². The van der Waals surface area contributed by atoms with Crippen molar-refractivity contribution in [3.05, 3.63) is 53.9 Å². The van der Waals surface area contributed by atoms with E-state index in [1.807, 2.05) is 49.4 Å². The third kappa shape index (κ3) is 3.03. The number of rotatable bonds is 3. The molecule has 5 nitrogen and oxygen atoms in total. The molecule has 0 spiro atoms. The molecule has 3 aromatic rings. The minimum atomic E-state index is 0.0331. The SMILES string of the molecule is Cc1cc(-c2nc3cccnc3s2)ccc1NC=C(C#N)C#N. The highest BCUT2D eigenvalue weighted by Crippen LogP contribution is 2.30. The molecule has 3 rings (SSSR count). The van der Waals surface area contributed by atoms with Crippen molar-refractivity contribution < 1.29 is 0 Å². The number of hydrogen-bond donors (Lipinski definition) is 1. The van der Waals surface area contributed by atoms with E-state index in [2.05, 4.69) is 15.3 Å². The van der Waals surface area contributed by atoms with Crippen molar-refractivity contribution >= 4 is 27.4 Å². The molecule has 2 heterocycles. The zero-order valence-electron chi connectivity index (χ0n) is 12.2. The molecule has 0 unspecified atom stereocenters. The Balaban J connectivity index is 1.92. The first-order chi connectivity index (χ1) is 11.2. The van der Waals surface area contributed by atoms with Gasteiger partial charge in [-0.1, -0.05) is 11.3 Å². The van der Waals surface area contributed by atoms with Crippen LogP contribution < -0.4 is 5.32 Å². The quantitative estimate of drug-likeness (QED) is 0.738. The fourth-order valence-electron chi connectivity index (χ4n) is 2.09. The van der Waals surface area contributed by atoms with Gasteiger partial charge in [-0.05, 0) is 42.8 Å². The number of pyridine rings is 1. The zero-order valence-corrected chi connectivity index (χ0v) is 13.1. The van der Waals surface area contributed by atoms with Crippen LogP contribution in [0.3, 0.4) is 0 Å². The van der Waals surface area contributed by atoms with Crippen LogP contribution >= 0.6 is 11.3 Å². The smallest absolute Gasteiger partial charge is 0.145 e. The first-order valence-electron chi connectivity index (χ1n) is 6.81. The van der Waals surface area contributed by atoms with Crippen molar-refractivity contribution in [2.75, 3.05) is 5.32 Å². The van der Waals surface area contributed by atoms with E-state index in [-0.39, 0.29) is 5.57 Å². The fourth-order valence-corrected chi connectivity index (χ4v) is 3.00. The van der Waals surface area contributed by atoms with Gasteiger partial charge in [-0.2, -0.15) is 10.5 Å². The molecule has 2 aromatic heterocycles. The number of nitriles is 2. The van der Waals surface area contributed by atoms with E-state index in [0.717, 1.165) is 32.2 Å². The molecule has 1 N–H and O–H groups in total. The van der Waals surface area contributed by atoms with Gasteiger partial charge in [0.1, 0.15) is 33.1 Å². The second-order valence-corrected chi connectivity index (χ2v) is 5.78. The fraction of sp³-hybridized carbons (Fsp3) is 0.0588. The molecule has 23 heavy (non-hydrogen) atoms. The van der Waals surface area contributed by atoms with Crippen molar-refractivity contribution in [3.8, 4) is 22.7 Å². The maximum Gasteiger partial charge on any atom is 0.145 e. The van der Waals surface area contributed by atoms with Crippen molar-refractivity contribution in [1.82, 2.24) is 9.97 Å². The van der Waals surface area contributed by atoms with Gasteiger partial charge in [0.2, 0.25) is 0 Å². The summed E-state index contributed by atoms with van der Waals surface area (Å²) in [5, 5.41) is 21.4. The Morgan fingerprint density at radius 3 is 2.78 bits per heavy atom. The maximum atomic E-state index is 8.74. The van der Waals surface area contributed by atoms with E-state index in [9.17, 15) is 0 Å². The van der Waals surface area contributed by atoms with Crippen LogP contribution in [0.2, 0.25) is 0 Å². The summed E-state index contributed by atoms with van der Waals surface area (Å²) in [6, 6.07) is 13.3. The minimum Gasteiger partial charge on any atom is -0.360 e. The number of nitrogens with zero attached hydrogens (tertiary/aromatic N) is 4. The Bertz CT molecular complexity index is 939. The Morgan fingerprint density at radius 2 is 2.09 bits per heavy atom. The van der Waals surface area contributed by atoms with Crippen LogP contribution in [0, 0.1) is 29.6 Å². The monoisotopic (exact) mass is 317 g/mol. The average Bonchev–Trinajstić information content (AvgIpc) is 3.01. The van der Waals surface area contributed by atoms with Crippen LogP contribution in [0.1, 0.15) is 5.56 Å². The molecule has 0 aliphatic rings. The van der Waals surface area contributed by atoms with Gasteiger partial charge in [-0.3, -0.25) is 0 Å². The van der Waals surface area contributed by atoms with Gasteiger partial charge in [0.15, 0.2) is 0 Å². The van der Waals surface area contributed by atoms with Crippen molar-refractivity contribution in [2.45, 2.75) is 6.92 Å². The normalized spacial score (nSPS) is 9.87. The van der Waals surface area contributed by atoms with E-state index in [1.165, 1.54) is 6.20 Å². The number of thiazole rings is 1. The second-order valence-electron chi connectivity index (χ2n) is 4.80. The molecule has 0 fully saturated rings. The summed E-state index contributed by atoms with van der Waals surface area (Å²) in [6.45, 7) is 1.96. The van der Waals surface area contributed by atoms with Gasteiger partial charge in [-0.15, -0.1) is 0 Å². The molecule has 1 aromatic carbocycles. The lowest BCUT2D eigenvalue weighted by Gasteiger charge is -2.07. The number of allylic oxidation sites excluding steroid dienone is 1. The van der Waals surface area contributed by atoms with E-state index < -0.39 is 0 Å². The first-order valence-corrected chi connectivity index (χ1v) is 7.62. The zero-order chi connectivity index (χ0) is 16.2. The van der Waals surface area contributed by atoms with Gasteiger partial charge >= 0.3 is 0 Å². The van der Waals surface area contributed by atoms with Gasteiger partial charge < -0.3 is 5.32 Å². The molecule has 0 atom stereocenters. The van der Waals surface area contributed by atoms with Crippen LogP contribution in [0.25, 0.3) is 20.9 Å². The molecule has 6 heteroatoms. The van der Waals surface area contributed by atoms with E-state index >= 15 is 0 Å². The van der Waals surface area contributed by atoms with E-state index in [0.29, 0.717) is 0 Å². The molecular formula is C17H11N5S. The third-order valence-corrected chi connectivity index (χ3v) is 4.28. The molecule has 0 saturated carbocycles. The highest BCUT2D eigenvalue weighted by Gasteiger charge is 2.08. The minimum absolute atomic E-state index is 0.0331. The van der Waals surface area contributed by atoms with Gasteiger partial charge in [0, 0.05) is 23.6 Å². The van der Waals surface area contributed by atoms with Crippen LogP contribution in [0.15, 0.2) is 48.3 Å². The molecule has 0 bridgehead atoms. The number of nitrogens with one attached hydrogen (secondary N) is 1. The van der Waals surface area contributed by atoms with Crippen molar-refractivity contribution in [2.24, 2.45) is 0 Å². The summed E-state index contributed by atoms with van der Waals surface area (Å²) in [7, 11) is 0. The lowest BCUT2D eigenvalue weighted by atomic mass is 10.1. The second kappa shape index (κ2) is 6.27. The molecule has 0 amide bonds. The highest BCUT2D eigenvalue weighted by atomic mass is 32.1. The van der Waals surface area contributed by atoms with Crippen LogP contribution in [0.4, 0.5) is 5.69 Å². The summed E-state index contributed by atoms with van der Waals surface area (Å²) < 4.78 is 0. The van der Waals surface area contributed by atoms with E-state index in [1.54, 1.807) is 17.5 Å². The highest BCUT2D eigenvalue weighted by molar-refractivity contribution is 7.21. The number of aromatic nitrogens is 2. The topological polar surface area (TPSA) is 85.4 Å². The lowest BCUT2D eigenvalue weighted by molar-refractivity contribution is 1.39. The number of fused-ring (bicyclic) bond motifs is 1. The van der Waals surface area contributed by atoms with Gasteiger partial charge in [-0.25, -0.2) is 9.97 Å². The van der Waals surface area contributed by atoms with Crippen LogP contribution in [0.5, 0.6) is 0 Å². The summed E-state index contributed by atoms with van der Waals surface area (Å²) in [5.74, 6) is 0. The average molecular weight is 317 g/mol. The predicted octanol–water partition coefficient (Wildman–Crippen LogP) is 4.01. The summed E-state index contributed by atoms with van der Waals surface area (Å²) in [6.07, 6.45) is 3.17. The van der Waals surface area contributed by atoms with Gasteiger partial charge in [0.05, 0.1) is 0 Å². The van der Waals surface area contributed by atoms with Crippen molar-refractivity contribution in [3.63, 3.8) is 0 Å². The summed E-state index contributed by atoms with van der Waals surface area (Å²) in [4.78, 5) is 9.82. The first kappa shape index (κ1) is 14.7. The molecular weight excluding hydrogens is 306 g/mol. The predicted molar refractivity (Wildman–Crippen MR) is 90.5 cm³/mol.